The summed E-state index contributed by atoms with van der Waals surface area (Å²) >= 11 is 0. The molecule has 7 nitrogen and oxygen atoms in total. The Morgan fingerprint density at radius 2 is 1.87 bits per heavy atom. The Balaban J connectivity index is 1.17. The molecule has 0 bridgehead atoms. The standard InChI is InChI=1S/C24H26N4O3/c25-24(30)22-15-18-14-19(3-5-21(18)31-22)28-11-9-27(10-12-28)8-7-16-1-4-20-17(13-16)2-6-23(29)26-20/h1,3-5,13-15H,2,6-12H2,(H2,25,30)(H,26,29). The van der Waals surface area contributed by atoms with Gasteiger partial charge in [0.05, 0.1) is 0 Å². The number of hydrogen-bond acceptors (Lipinski definition) is 5. The SMILES string of the molecule is NC(=O)c1cc2cc(N3CCN(CCc4ccc5c(c4)CCC(=O)N5)CC3)ccc2o1. The van der Waals surface area contributed by atoms with E-state index in [9.17, 15) is 9.59 Å². The van der Waals surface area contributed by atoms with Gasteiger partial charge in [0.25, 0.3) is 5.91 Å². The van der Waals surface area contributed by atoms with E-state index in [0.717, 1.165) is 62.3 Å². The molecular formula is C24H26N4O3. The molecule has 3 heterocycles. The Bertz CT molecular complexity index is 1140. The first-order chi connectivity index (χ1) is 15.0. The second-order valence-electron chi connectivity index (χ2n) is 8.32. The number of hydrogen-bond donors (Lipinski definition) is 2. The molecule has 1 saturated heterocycles. The van der Waals surface area contributed by atoms with Gasteiger partial charge in [-0.2, -0.15) is 0 Å². The molecule has 0 spiro atoms. The summed E-state index contributed by atoms with van der Waals surface area (Å²) in [6.45, 7) is 4.97. The summed E-state index contributed by atoms with van der Waals surface area (Å²) in [4.78, 5) is 27.7. The van der Waals surface area contributed by atoms with E-state index in [1.165, 1.54) is 11.1 Å². The summed E-state index contributed by atoms with van der Waals surface area (Å²) in [5.41, 5.74) is 10.7. The zero-order valence-corrected chi connectivity index (χ0v) is 17.4. The Morgan fingerprint density at radius 3 is 2.68 bits per heavy atom. The molecule has 0 aliphatic carbocycles. The highest BCUT2D eigenvalue weighted by molar-refractivity contribution is 5.96. The predicted octanol–water partition coefficient (Wildman–Crippen LogP) is 2.78. The maximum absolute atomic E-state index is 11.5. The molecule has 3 aromatic rings. The third-order valence-corrected chi connectivity index (χ3v) is 6.26. The molecule has 160 valence electrons. The van der Waals surface area contributed by atoms with Crippen LogP contribution in [0.5, 0.6) is 0 Å². The molecular weight excluding hydrogens is 392 g/mol. The van der Waals surface area contributed by atoms with Crippen molar-refractivity contribution in [1.82, 2.24) is 4.90 Å². The van der Waals surface area contributed by atoms with Gasteiger partial charge < -0.3 is 20.4 Å². The van der Waals surface area contributed by atoms with Gasteiger partial charge in [-0.15, -0.1) is 0 Å². The molecule has 7 heteroatoms. The number of benzene rings is 2. The summed E-state index contributed by atoms with van der Waals surface area (Å²) < 4.78 is 5.48. The Morgan fingerprint density at radius 1 is 1.03 bits per heavy atom. The third kappa shape index (κ3) is 4.14. The number of nitrogens with two attached hydrogens (primary N) is 1. The van der Waals surface area contributed by atoms with Crippen molar-refractivity contribution in [3.05, 3.63) is 59.4 Å². The average Bonchev–Trinajstić information content (AvgIpc) is 3.22. The van der Waals surface area contributed by atoms with Gasteiger partial charge in [0.2, 0.25) is 5.91 Å². The molecule has 31 heavy (non-hydrogen) atoms. The van der Waals surface area contributed by atoms with Crippen molar-refractivity contribution in [2.75, 3.05) is 42.9 Å². The predicted molar refractivity (Wildman–Crippen MR) is 120 cm³/mol. The van der Waals surface area contributed by atoms with Gasteiger partial charge in [-0.05, 0) is 54.3 Å². The molecule has 0 atom stereocenters. The van der Waals surface area contributed by atoms with E-state index in [2.05, 4.69) is 33.3 Å². The van der Waals surface area contributed by atoms with Crippen LogP contribution in [0.4, 0.5) is 11.4 Å². The fourth-order valence-electron chi connectivity index (χ4n) is 4.46. The fraction of sp³-hybridized carbons (Fsp3) is 0.333. The van der Waals surface area contributed by atoms with Crippen LogP contribution in [0.25, 0.3) is 11.0 Å². The average molecular weight is 418 g/mol. The number of aryl methyl sites for hydroxylation is 1. The number of amides is 2. The summed E-state index contributed by atoms with van der Waals surface area (Å²) in [5, 5.41) is 3.85. The lowest BCUT2D eigenvalue weighted by Crippen LogP contribution is -2.47. The van der Waals surface area contributed by atoms with Gasteiger partial charge in [0.15, 0.2) is 5.76 Å². The van der Waals surface area contributed by atoms with Crippen molar-refractivity contribution in [3.8, 4) is 0 Å². The van der Waals surface area contributed by atoms with Crippen molar-refractivity contribution in [2.45, 2.75) is 19.3 Å². The van der Waals surface area contributed by atoms with Gasteiger partial charge in [0, 0.05) is 55.9 Å². The van der Waals surface area contributed by atoms with E-state index in [0.29, 0.717) is 12.0 Å². The molecule has 2 aliphatic heterocycles. The first-order valence-electron chi connectivity index (χ1n) is 10.8. The zero-order chi connectivity index (χ0) is 21.4. The van der Waals surface area contributed by atoms with E-state index in [1.807, 2.05) is 18.2 Å². The Labute approximate surface area is 180 Å². The number of fused-ring (bicyclic) bond motifs is 2. The highest BCUT2D eigenvalue weighted by atomic mass is 16.3. The quantitative estimate of drug-likeness (QED) is 0.665. The van der Waals surface area contributed by atoms with Gasteiger partial charge in [-0.3, -0.25) is 14.5 Å². The van der Waals surface area contributed by atoms with E-state index in [1.54, 1.807) is 6.07 Å². The van der Waals surface area contributed by atoms with E-state index in [4.69, 9.17) is 10.2 Å². The van der Waals surface area contributed by atoms with Crippen LogP contribution in [0.1, 0.15) is 28.1 Å². The molecule has 0 saturated carbocycles. The van der Waals surface area contributed by atoms with Crippen molar-refractivity contribution >= 4 is 34.2 Å². The van der Waals surface area contributed by atoms with Crippen molar-refractivity contribution < 1.29 is 14.0 Å². The molecule has 1 aromatic heterocycles. The fourth-order valence-corrected chi connectivity index (χ4v) is 4.46. The largest absolute Gasteiger partial charge is 0.451 e. The van der Waals surface area contributed by atoms with Crippen LogP contribution >= 0.6 is 0 Å². The molecule has 2 amide bonds. The third-order valence-electron chi connectivity index (χ3n) is 6.26. The van der Waals surface area contributed by atoms with Crippen molar-refractivity contribution in [2.24, 2.45) is 5.73 Å². The maximum Gasteiger partial charge on any atom is 0.284 e. The van der Waals surface area contributed by atoms with Gasteiger partial charge in [0.1, 0.15) is 5.58 Å². The van der Waals surface area contributed by atoms with Crippen LogP contribution in [-0.4, -0.2) is 49.4 Å². The summed E-state index contributed by atoms with van der Waals surface area (Å²) in [5.74, 6) is -0.241. The molecule has 1 fully saturated rings. The minimum Gasteiger partial charge on any atom is -0.451 e. The maximum atomic E-state index is 11.5. The molecule has 0 unspecified atom stereocenters. The van der Waals surface area contributed by atoms with E-state index < -0.39 is 5.91 Å². The number of rotatable bonds is 5. The van der Waals surface area contributed by atoms with Crippen LogP contribution in [0, 0.1) is 0 Å². The first kappa shape index (κ1) is 19.6. The highest BCUT2D eigenvalue weighted by Crippen LogP contribution is 2.26. The lowest BCUT2D eigenvalue weighted by Gasteiger charge is -2.36. The number of anilines is 2. The monoisotopic (exact) mass is 418 g/mol. The van der Waals surface area contributed by atoms with Gasteiger partial charge >= 0.3 is 0 Å². The minimum absolute atomic E-state index is 0.110. The molecule has 2 aromatic carbocycles. The first-order valence-corrected chi connectivity index (χ1v) is 10.8. The molecule has 2 aliphatic rings. The molecule has 5 rings (SSSR count). The number of primary amides is 1. The lowest BCUT2D eigenvalue weighted by atomic mass is 9.99. The topological polar surface area (TPSA) is 91.8 Å². The van der Waals surface area contributed by atoms with Crippen molar-refractivity contribution in [1.29, 1.82) is 0 Å². The number of carbonyl (C=O) groups is 2. The van der Waals surface area contributed by atoms with Crippen LogP contribution in [0.2, 0.25) is 0 Å². The summed E-state index contributed by atoms with van der Waals surface area (Å²) in [7, 11) is 0. The summed E-state index contributed by atoms with van der Waals surface area (Å²) in [6.07, 6.45) is 2.42. The number of nitrogens with one attached hydrogen (secondary N) is 1. The summed E-state index contributed by atoms with van der Waals surface area (Å²) in [6, 6.07) is 14.1. The van der Waals surface area contributed by atoms with Crippen LogP contribution in [-0.2, 0) is 17.6 Å². The molecule has 0 radical (unpaired) electrons. The number of carbonyl (C=O) groups excluding carboxylic acids is 2. The molecule has 3 N–H and O–H groups in total. The van der Waals surface area contributed by atoms with E-state index >= 15 is 0 Å². The number of piperazine rings is 1. The number of furan rings is 1. The lowest BCUT2D eigenvalue weighted by molar-refractivity contribution is -0.116. The number of nitrogens with zero attached hydrogens (tertiary/aromatic N) is 2. The van der Waals surface area contributed by atoms with Crippen LogP contribution in [0.15, 0.2) is 46.9 Å². The van der Waals surface area contributed by atoms with Crippen LogP contribution in [0.3, 0.4) is 0 Å². The Kier molecular flexibility index (Phi) is 5.11. The van der Waals surface area contributed by atoms with Crippen LogP contribution < -0.4 is 16.0 Å². The van der Waals surface area contributed by atoms with Gasteiger partial charge in [-0.25, -0.2) is 0 Å². The minimum atomic E-state index is -0.546. The second-order valence-corrected chi connectivity index (χ2v) is 8.32. The smallest absolute Gasteiger partial charge is 0.284 e. The Hall–Kier alpha value is -3.32. The van der Waals surface area contributed by atoms with Gasteiger partial charge in [-0.1, -0.05) is 12.1 Å². The second kappa shape index (κ2) is 8.07. The van der Waals surface area contributed by atoms with E-state index in [-0.39, 0.29) is 11.7 Å². The van der Waals surface area contributed by atoms with Crippen molar-refractivity contribution in [3.63, 3.8) is 0 Å². The normalized spacial score (nSPS) is 16.9. The highest BCUT2D eigenvalue weighted by Gasteiger charge is 2.19. The zero-order valence-electron chi connectivity index (χ0n) is 17.4.